The standard InChI is InChI=1S/C7H9F2N3S/c8-4(9)5-11-12-6(13-5)7(10)2-1-3-7/h4H,1-3,10H2. The van der Waals surface area contributed by atoms with Crippen molar-refractivity contribution in [2.45, 2.75) is 31.2 Å². The second kappa shape index (κ2) is 2.95. The number of hydrogen-bond acceptors (Lipinski definition) is 4. The van der Waals surface area contributed by atoms with Crippen molar-refractivity contribution in [3.63, 3.8) is 0 Å². The molecule has 0 amide bonds. The summed E-state index contributed by atoms with van der Waals surface area (Å²) in [6.07, 6.45) is 0.158. The lowest BCUT2D eigenvalue weighted by atomic mass is 9.78. The van der Waals surface area contributed by atoms with Gasteiger partial charge >= 0.3 is 0 Å². The van der Waals surface area contributed by atoms with E-state index in [0.717, 1.165) is 30.6 Å². The first-order chi connectivity index (χ1) is 6.12. The van der Waals surface area contributed by atoms with Crippen molar-refractivity contribution >= 4 is 11.3 Å². The molecule has 0 spiro atoms. The van der Waals surface area contributed by atoms with Gasteiger partial charge < -0.3 is 5.73 Å². The molecule has 6 heteroatoms. The summed E-state index contributed by atoms with van der Waals surface area (Å²) in [7, 11) is 0. The molecule has 72 valence electrons. The van der Waals surface area contributed by atoms with Crippen LogP contribution in [0.25, 0.3) is 0 Å². The van der Waals surface area contributed by atoms with Crippen molar-refractivity contribution in [3.05, 3.63) is 10.0 Å². The van der Waals surface area contributed by atoms with Gasteiger partial charge in [-0.1, -0.05) is 11.3 Å². The first kappa shape index (κ1) is 8.96. The molecule has 13 heavy (non-hydrogen) atoms. The van der Waals surface area contributed by atoms with E-state index in [9.17, 15) is 8.78 Å². The predicted octanol–water partition coefficient (Wildman–Crippen LogP) is 1.81. The van der Waals surface area contributed by atoms with Gasteiger partial charge in [0.15, 0.2) is 5.01 Å². The van der Waals surface area contributed by atoms with E-state index < -0.39 is 12.0 Å². The first-order valence-electron chi connectivity index (χ1n) is 4.03. The summed E-state index contributed by atoms with van der Waals surface area (Å²) < 4.78 is 24.3. The van der Waals surface area contributed by atoms with Crippen molar-refractivity contribution in [1.29, 1.82) is 0 Å². The van der Waals surface area contributed by atoms with Crippen LogP contribution in [0, 0.1) is 0 Å². The van der Waals surface area contributed by atoms with E-state index in [2.05, 4.69) is 10.2 Å². The normalized spacial score (nSPS) is 20.3. The first-order valence-corrected chi connectivity index (χ1v) is 4.84. The third-order valence-electron chi connectivity index (χ3n) is 2.30. The third-order valence-corrected chi connectivity index (χ3v) is 3.45. The average molecular weight is 205 g/mol. The number of nitrogens with zero attached hydrogens (tertiary/aromatic N) is 2. The fourth-order valence-corrected chi connectivity index (χ4v) is 2.15. The highest BCUT2D eigenvalue weighted by Gasteiger charge is 2.38. The van der Waals surface area contributed by atoms with Crippen molar-refractivity contribution < 1.29 is 8.78 Å². The SMILES string of the molecule is NC1(c2nnc(C(F)F)s2)CCC1. The van der Waals surface area contributed by atoms with Gasteiger partial charge in [-0.2, -0.15) is 0 Å². The predicted molar refractivity (Wildman–Crippen MR) is 44.6 cm³/mol. The molecular formula is C7H9F2N3S. The van der Waals surface area contributed by atoms with E-state index in [1.165, 1.54) is 0 Å². The summed E-state index contributed by atoms with van der Waals surface area (Å²) >= 11 is 0.927. The number of rotatable bonds is 2. The number of alkyl halides is 2. The second-order valence-corrected chi connectivity index (χ2v) is 4.26. The van der Waals surface area contributed by atoms with Crippen LogP contribution >= 0.6 is 11.3 Å². The highest BCUT2D eigenvalue weighted by molar-refractivity contribution is 7.11. The quantitative estimate of drug-likeness (QED) is 0.801. The molecule has 2 N–H and O–H groups in total. The molecule has 1 fully saturated rings. The Labute approximate surface area is 78.0 Å². The smallest absolute Gasteiger partial charge is 0.291 e. The minimum atomic E-state index is -2.53. The highest BCUT2D eigenvalue weighted by atomic mass is 32.1. The van der Waals surface area contributed by atoms with Crippen LogP contribution in [0.4, 0.5) is 8.78 Å². The molecule has 1 aromatic heterocycles. The lowest BCUT2D eigenvalue weighted by Gasteiger charge is -2.35. The summed E-state index contributed by atoms with van der Waals surface area (Å²) in [4.78, 5) is 0. The van der Waals surface area contributed by atoms with Gasteiger partial charge in [0.25, 0.3) is 6.43 Å². The molecule has 1 aromatic rings. The lowest BCUT2D eigenvalue weighted by Crippen LogP contribution is -2.43. The Balaban J connectivity index is 2.22. The Hall–Kier alpha value is -0.620. The van der Waals surface area contributed by atoms with Gasteiger partial charge in [-0.05, 0) is 19.3 Å². The molecule has 0 atom stereocenters. The molecule has 1 heterocycles. The zero-order chi connectivity index (χ0) is 9.47. The summed E-state index contributed by atoms with van der Waals surface area (Å²) in [6, 6.07) is 0. The van der Waals surface area contributed by atoms with Crippen LogP contribution in [-0.4, -0.2) is 10.2 Å². The molecule has 1 aliphatic rings. The largest absolute Gasteiger partial charge is 0.319 e. The van der Waals surface area contributed by atoms with Crippen LogP contribution in [0.15, 0.2) is 0 Å². The molecule has 1 saturated carbocycles. The minimum absolute atomic E-state index is 0.230. The fraction of sp³-hybridized carbons (Fsp3) is 0.714. The maximum absolute atomic E-state index is 12.2. The maximum atomic E-state index is 12.2. The molecule has 3 nitrogen and oxygen atoms in total. The topological polar surface area (TPSA) is 51.8 Å². The molecular weight excluding hydrogens is 196 g/mol. The fourth-order valence-electron chi connectivity index (χ4n) is 1.30. The van der Waals surface area contributed by atoms with Crippen molar-refractivity contribution in [1.82, 2.24) is 10.2 Å². The van der Waals surface area contributed by atoms with Gasteiger partial charge in [0.05, 0.1) is 5.54 Å². The number of nitrogens with two attached hydrogens (primary N) is 1. The molecule has 0 aromatic carbocycles. The minimum Gasteiger partial charge on any atom is -0.319 e. The van der Waals surface area contributed by atoms with Crippen LogP contribution in [0.2, 0.25) is 0 Å². The zero-order valence-corrected chi connectivity index (χ0v) is 7.65. The van der Waals surface area contributed by atoms with Crippen LogP contribution in [0.5, 0.6) is 0 Å². The van der Waals surface area contributed by atoms with Gasteiger partial charge in [-0.25, -0.2) is 8.78 Å². The molecule has 0 unspecified atom stereocenters. The van der Waals surface area contributed by atoms with E-state index in [1.54, 1.807) is 0 Å². The van der Waals surface area contributed by atoms with Crippen molar-refractivity contribution in [2.75, 3.05) is 0 Å². The molecule has 2 rings (SSSR count). The number of hydrogen-bond donors (Lipinski definition) is 1. The maximum Gasteiger partial charge on any atom is 0.291 e. The lowest BCUT2D eigenvalue weighted by molar-refractivity contribution is 0.150. The van der Waals surface area contributed by atoms with E-state index in [4.69, 9.17) is 5.73 Å². The summed E-state index contributed by atoms with van der Waals surface area (Å²) in [5.74, 6) is 0. The Bertz CT molecular complexity index is 308. The molecule has 0 aliphatic heterocycles. The highest BCUT2D eigenvalue weighted by Crippen LogP contribution is 2.40. The van der Waals surface area contributed by atoms with Crippen LogP contribution in [0.1, 0.15) is 35.7 Å². The summed E-state index contributed by atoms with van der Waals surface area (Å²) in [6.45, 7) is 0. The Morgan fingerprint density at radius 2 is 2.08 bits per heavy atom. The van der Waals surface area contributed by atoms with Crippen LogP contribution in [0.3, 0.4) is 0 Å². The van der Waals surface area contributed by atoms with Gasteiger partial charge in [-0.3, -0.25) is 0 Å². The van der Waals surface area contributed by atoms with Crippen molar-refractivity contribution in [3.8, 4) is 0 Å². The van der Waals surface area contributed by atoms with Gasteiger partial charge in [-0.15, -0.1) is 10.2 Å². The summed E-state index contributed by atoms with van der Waals surface area (Å²) in [5, 5.41) is 7.42. The van der Waals surface area contributed by atoms with E-state index in [1.807, 2.05) is 0 Å². The molecule has 1 aliphatic carbocycles. The molecule has 0 bridgehead atoms. The van der Waals surface area contributed by atoms with E-state index in [-0.39, 0.29) is 5.01 Å². The second-order valence-electron chi connectivity index (χ2n) is 3.26. The van der Waals surface area contributed by atoms with Gasteiger partial charge in [0.1, 0.15) is 5.01 Å². The third kappa shape index (κ3) is 1.44. The van der Waals surface area contributed by atoms with Crippen LogP contribution < -0.4 is 5.73 Å². The zero-order valence-electron chi connectivity index (χ0n) is 6.83. The van der Waals surface area contributed by atoms with Crippen LogP contribution in [-0.2, 0) is 5.54 Å². The monoisotopic (exact) mass is 205 g/mol. The summed E-state index contributed by atoms with van der Waals surface area (Å²) in [5.41, 5.74) is 5.43. The van der Waals surface area contributed by atoms with E-state index >= 15 is 0 Å². The molecule has 0 radical (unpaired) electrons. The number of halogens is 2. The Morgan fingerprint density at radius 1 is 1.38 bits per heavy atom. The van der Waals surface area contributed by atoms with E-state index in [0.29, 0.717) is 5.01 Å². The Kier molecular flexibility index (Phi) is 2.03. The average Bonchev–Trinajstić information content (AvgIpc) is 2.48. The number of aromatic nitrogens is 2. The van der Waals surface area contributed by atoms with Gasteiger partial charge in [0, 0.05) is 0 Å². The van der Waals surface area contributed by atoms with Crippen molar-refractivity contribution in [2.24, 2.45) is 5.73 Å². The molecule has 0 saturated heterocycles. The Morgan fingerprint density at radius 3 is 2.46 bits per heavy atom. The van der Waals surface area contributed by atoms with Gasteiger partial charge in [0.2, 0.25) is 0 Å².